The van der Waals surface area contributed by atoms with E-state index in [-0.39, 0.29) is 5.56 Å². The molecule has 0 amide bonds. The number of nitro benzene ring substituents is 2. The Morgan fingerprint density at radius 1 is 1.23 bits per heavy atom. The molecule has 0 spiro atoms. The van der Waals surface area contributed by atoms with Gasteiger partial charge in [-0.15, -0.1) is 5.06 Å². The van der Waals surface area contributed by atoms with Crippen molar-refractivity contribution in [2.45, 2.75) is 19.8 Å². The van der Waals surface area contributed by atoms with E-state index in [1.165, 1.54) is 5.06 Å². The lowest BCUT2D eigenvalue weighted by Crippen LogP contribution is -2.36. The van der Waals surface area contributed by atoms with Crippen molar-refractivity contribution >= 4 is 17.3 Å². The van der Waals surface area contributed by atoms with Gasteiger partial charge in [0.1, 0.15) is 0 Å². The summed E-state index contributed by atoms with van der Waals surface area (Å²) >= 11 is 0. The van der Waals surface area contributed by atoms with Crippen LogP contribution in [0.25, 0.3) is 0 Å². The van der Waals surface area contributed by atoms with Gasteiger partial charge in [0.05, 0.1) is 21.5 Å². The fourth-order valence-electron chi connectivity index (χ4n) is 2.32. The smallest absolute Gasteiger partial charge is 0.357 e. The normalized spacial score (nSPS) is 18.7. The van der Waals surface area contributed by atoms with Crippen molar-refractivity contribution in [1.29, 1.82) is 0 Å². The number of non-ortho nitro benzene ring substituents is 2. The summed E-state index contributed by atoms with van der Waals surface area (Å²) < 4.78 is 0. The third-order valence-corrected chi connectivity index (χ3v) is 3.39. The predicted molar refractivity (Wildman–Crippen MR) is 75.1 cm³/mol. The highest BCUT2D eigenvalue weighted by Gasteiger charge is 2.24. The van der Waals surface area contributed by atoms with Crippen LogP contribution in [0.3, 0.4) is 0 Å². The molecule has 0 radical (unpaired) electrons. The van der Waals surface area contributed by atoms with Gasteiger partial charge in [-0.25, -0.2) is 4.79 Å². The molecule has 1 saturated heterocycles. The number of carbonyl (C=O) groups excluding carboxylic acids is 1. The first-order chi connectivity index (χ1) is 10.4. The number of hydroxylamine groups is 2. The molecular weight excluding hydrogens is 294 g/mol. The van der Waals surface area contributed by atoms with Gasteiger partial charge in [0.2, 0.25) is 0 Å². The van der Waals surface area contributed by atoms with E-state index in [1.54, 1.807) is 0 Å². The minimum Gasteiger partial charge on any atom is -0.364 e. The van der Waals surface area contributed by atoms with Gasteiger partial charge in [0, 0.05) is 25.2 Å². The van der Waals surface area contributed by atoms with Gasteiger partial charge in [-0.3, -0.25) is 20.2 Å². The quantitative estimate of drug-likeness (QED) is 0.618. The number of carbonyl (C=O) groups is 1. The number of benzene rings is 1. The molecule has 1 heterocycles. The van der Waals surface area contributed by atoms with Crippen LogP contribution in [0.2, 0.25) is 0 Å². The topological polar surface area (TPSA) is 116 Å². The highest BCUT2D eigenvalue weighted by molar-refractivity contribution is 5.90. The summed E-state index contributed by atoms with van der Waals surface area (Å²) in [6, 6.07) is 2.76. The van der Waals surface area contributed by atoms with Crippen LogP contribution in [-0.2, 0) is 4.84 Å². The molecular formula is C13H15N3O6. The largest absolute Gasteiger partial charge is 0.364 e. The molecule has 0 saturated carbocycles. The van der Waals surface area contributed by atoms with Crippen LogP contribution in [0.15, 0.2) is 18.2 Å². The second-order valence-corrected chi connectivity index (χ2v) is 5.27. The molecule has 9 heteroatoms. The van der Waals surface area contributed by atoms with E-state index in [4.69, 9.17) is 4.84 Å². The average molecular weight is 309 g/mol. The van der Waals surface area contributed by atoms with Crippen LogP contribution >= 0.6 is 0 Å². The summed E-state index contributed by atoms with van der Waals surface area (Å²) in [5.74, 6) is -0.457. The van der Waals surface area contributed by atoms with Crippen LogP contribution < -0.4 is 0 Å². The van der Waals surface area contributed by atoms with E-state index >= 15 is 0 Å². The van der Waals surface area contributed by atoms with Crippen LogP contribution in [0.1, 0.15) is 30.1 Å². The molecule has 1 aliphatic rings. The van der Waals surface area contributed by atoms with Crippen molar-refractivity contribution in [2.75, 3.05) is 13.1 Å². The molecule has 1 fully saturated rings. The number of piperidine rings is 1. The second-order valence-electron chi connectivity index (χ2n) is 5.27. The molecule has 1 atom stereocenters. The summed E-state index contributed by atoms with van der Waals surface area (Å²) in [6.07, 6.45) is 1.92. The van der Waals surface area contributed by atoms with Gasteiger partial charge in [0.15, 0.2) is 0 Å². The lowest BCUT2D eigenvalue weighted by Gasteiger charge is -2.28. The number of rotatable bonds is 4. The maximum absolute atomic E-state index is 12.1. The Hall–Kier alpha value is -2.55. The second kappa shape index (κ2) is 6.48. The molecule has 1 aliphatic heterocycles. The molecule has 9 nitrogen and oxygen atoms in total. The van der Waals surface area contributed by atoms with Crippen LogP contribution in [-0.4, -0.2) is 34.0 Å². The standard InChI is InChI=1S/C13H15N3O6/c1-9-3-2-4-14(8-9)22-13(17)10-5-11(15(18)19)7-12(6-10)16(20)21/h5-7,9H,2-4,8H2,1H3. The van der Waals surface area contributed by atoms with E-state index in [1.807, 2.05) is 6.92 Å². The zero-order valence-electron chi connectivity index (χ0n) is 11.9. The van der Waals surface area contributed by atoms with Crippen molar-refractivity contribution in [1.82, 2.24) is 5.06 Å². The van der Waals surface area contributed by atoms with E-state index in [0.717, 1.165) is 31.0 Å². The first-order valence-electron chi connectivity index (χ1n) is 6.78. The summed E-state index contributed by atoms with van der Waals surface area (Å²) in [5.41, 5.74) is -1.25. The number of nitro groups is 2. The molecule has 22 heavy (non-hydrogen) atoms. The molecule has 118 valence electrons. The SMILES string of the molecule is CC1CCCN(OC(=O)c2cc([N+](=O)[O-])cc([N+](=O)[O-])c2)C1. The Bertz CT molecular complexity index is 586. The number of hydrogen-bond donors (Lipinski definition) is 0. The summed E-state index contributed by atoms with van der Waals surface area (Å²) in [7, 11) is 0. The van der Waals surface area contributed by atoms with Crippen LogP contribution in [0.5, 0.6) is 0 Å². The molecule has 1 aromatic carbocycles. The van der Waals surface area contributed by atoms with Gasteiger partial charge in [-0.1, -0.05) is 6.92 Å². The molecule has 1 unspecified atom stereocenters. The summed E-state index contributed by atoms with van der Waals surface area (Å²) in [5, 5.41) is 23.1. The average Bonchev–Trinajstić information content (AvgIpc) is 2.46. The Labute approximate surface area is 125 Å². The highest BCUT2D eigenvalue weighted by atomic mass is 16.7. The van der Waals surface area contributed by atoms with Gasteiger partial charge in [-0.05, 0) is 18.8 Å². The molecule has 0 bridgehead atoms. The third-order valence-electron chi connectivity index (χ3n) is 3.39. The van der Waals surface area contributed by atoms with E-state index in [0.29, 0.717) is 19.0 Å². The lowest BCUT2D eigenvalue weighted by molar-refractivity contribution is -0.394. The van der Waals surface area contributed by atoms with Crippen LogP contribution in [0, 0.1) is 26.1 Å². The van der Waals surface area contributed by atoms with E-state index in [9.17, 15) is 25.0 Å². The van der Waals surface area contributed by atoms with Gasteiger partial charge >= 0.3 is 5.97 Å². The molecule has 1 aromatic rings. The summed E-state index contributed by atoms with van der Waals surface area (Å²) in [4.78, 5) is 37.3. The van der Waals surface area contributed by atoms with E-state index < -0.39 is 27.2 Å². The zero-order chi connectivity index (χ0) is 16.3. The molecule has 0 aliphatic carbocycles. The van der Waals surface area contributed by atoms with Crippen molar-refractivity contribution in [3.8, 4) is 0 Å². The van der Waals surface area contributed by atoms with Gasteiger partial charge < -0.3 is 4.84 Å². The highest BCUT2D eigenvalue weighted by Crippen LogP contribution is 2.24. The Kier molecular flexibility index (Phi) is 4.66. The van der Waals surface area contributed by atoms with Crippen molar-refractivity contribution < 1.29 is 19.5 Å². The predicted octanol–water partition coefficient (Wildman–Crippen LogP) is 2.31. The first kappa shape index (κ1) is 15.8. The monoisotopic (exact) mass is 309 g/mol. The van der Waals surface area contributed by atoms with E-state index in [2.05, 4.69) is 0 Å². The number of nitrogens with zero attached hydrogens (tertiary/aromatic N) is 3. The number of hydrogen-bond acceptors (Lipinski definition) is 7. The maximum Gasteiger partial charge on any atom is 0.357 e. The van der Waals surface area contributed by atoms with Gasteiger partial charge in [-0.2, -0.15) is 0 Å². The molecule has 2 rings (SSSR count). The minimum absolute atomic E-state index is 0.209. The zero-order valence-corrected chi connectivity index (χ0v) is 11.9. The van der Waals surface area contributed by atoms with Crippen molar-refractivity contribution in [2.24, 2.45) is 5.92 Å². The third kappa shape index (κ3) is 3.76. The van der Waals surface area contributed by atoms with Crippen molar-refractivity contribution in [3.05, 3.63) is 44.0 Å². The fourth-order valence-corrected chi connectivity index (χ4v) is 2.32. The maximum atomic E-state index is 12.1. The Morgan fingerprint density at radius 3 is 2.32 bits per heavy atom. The fraction of sp³-hybridized carbons (Fsp3) is 0.462. The molecule has 0 N–H and O–H groups in total. The molecule has 0 aromatic heterocycles. The lowest BCUT2D eigenvalue weighted by atomic mass is 10.0. The van der Waals surface area contributed by atoms with Crippen molar-refractivity contribution in [3.63, 3.8) is 0 Å². The van der Waals surface area contributed by atoms with Gasteiger partial charge in [0.25, 0.3) is 11.4 Å². The minimum atomic E-state index is -0.832. The Morgan fingerprint density at radius 2 is 1.82 bits per heavy atom. The van der Waals surface area contributed by atoms with Crippen LogP contribution in [0.4, 0.5) is 11.4 Å². The first-order valence-corrected chi connectivity index (χ1v) is 6.78. The summed E-state index contributed by atoms with van der Waals surface area (Å²) in [6.45, 7) is 3.17. The Balaban J connectivity index is 2.21.